The van der Waals surface area contributed by atoms with E-state index in [9.17, 15) is 0 Å². The standard InChI is InChI=1S/C8H10.C4H8.2C2H6/c1-2-8-6-4-3-5-7-8;1-4-2-3-4;2*1-2/h3-7H,2H2,1H3;4H,2-3H2,1H3;2*1-2H3. The molecule has 0 aromatic heterocycles. The molecule has 0 nitrogen and oxygen atoms in total. The Labute approximate surface area is 103 Å². The predicted octanol–water partition coefficient (Wildman–Crippen LogP) is 5.72. The first-order valence-electron chi connectivity index (χ1n) is 6.87. The molecule has 94 valence electrons. The van der Waals surface area contributed by atoms with Crippen LogP contribution in [0.5, 0.6) is 0 Å². The molecule has 1 saturated carbocycles. The van der Waals surface area contributed by atoms with Gasteiger partial charge in [0.05, 0.1) is 0 Å². The summed E-state index contributed by atoms with van der Waals surface area (Å²) in [5.74, 6) is 1.08. The molecular weight excluding hydrogens is 192 g/mol. The van der Waals surface area contributed by atoms with Crippen LogP contribution in [0.25, 0.3) is 0 Å². The first kappa shape index (κ1) is 17.6. The van der Waals surface area contributed by atoms with Crippen molar-refractivity contribution >= 4 is 0 Å². The maximum Gasteiger partial charge on any atom is -0.0307 e. The predicted molar refractivity (Wildman–Crippen MR) is 76.9 cm³/mol. The lowest BCUT2D eigenvalue weighted by Crippen LogP contribution is -1.73. The molecule has 0 amide bonds. The van der Waals surface area contributed by atoms with Gasteiger partial charge in [-0.25, -0.2) is 0 Å². The molecule has 0 heterocycles. The van der Waals surface area contributed by atoms with E-state index < -0.39 is 0 Å². The van der Waals surface area contributed by atoms with Crippen LogP contribution in [0.2, 0.25) is 0 Å². The molecule has 1 aliphatic rings. The lowest BCUT2D eigenvalue weighted by Gasteiger charge is -1.89. The molecule has 1 fully saturated rings. The van der Waals surface area contributed by atoms with Gasteiger partial charge in [0.1, 0.15) is 0 Å². The molecule has 1 aliphatic carbocycles. The van der Waals surface area contributed by atoms with E-state index in [1.165, 1.54) is 18.4 Å². The molecule has 0 spiro atoms. The average molecular weight is 222 g/mol. The molecule has 1 aromatic carbocycles. The Hall–Kier alpha value is -0.780. The van der Waals surface area contributed by atoms with E-state index in [-0.39, 0.29) is 0 Å². The fourth-order valence-electron chi connectivity index (χ4n) is 0.880. The molecule has 0 heteroatoms. The van der Waals surface area contributed by atoms with Gasteiger partial charge in [-0.2, -0.15) is 0 Å². The highest BCUT2D eigenvalue weighted by Crippen LogP contribution is 2.26. The number of hydrogen-bond acceptors (Lipinski definition) is 0. The highest BCUT2D eigenvalue weighted by atomic mass is 14.2. The largest absolute Gasteiger partial charge is 0.0683 e. The highest BCUT2D eigenvalue weighted by molar-refractivity contribution is 5.13. The fourth-order valence-corrected chi connectivity index (χ4v) is 0.880. The summed E-state index contributed by atoms with van der Waals surface area (Å²) in [6.07, 6.45) is 4.11. The molecule has 2 rings (SSSR count). The van der Waals surface area contributed by atoms with E-state index >= 15 is 0 Å². The van der Waals surface area contributed by atoms with Gasteiger partial charge in [-0.1, -0.05) is 84.7 Å². The summed E-state index contributed by atoms with van der Waals surface area (Å²) in [7, 11) is 0. The summed E-state index contributed by atoms with van der Waals surface area (Å²) < 4.78 is 0. The van der Waals surface area contributed by atoms with Crippen LogP contribution in [-0.2, 0) is 6.42 Å². The van der Waals surface area contributed by atoms with Crippen LogP contribution in [0.4, 0.5) is 0 Å². The van der Waals surface area contributed by atoms with Crippen molar-refractivity contribution in [2.75, 3.05) is 0 Å². The van der Waals surface area contributed by atoms with E-state index in [0.717, 1.165) is 12.3 Å². The molecule has 16 heavy (non-hydrogen) atoms. The first-order valence-corrected chi connectivity index (χ1v) is 6.87. The van der Waals surface area contributed by atoms with Crippen molar-refractivity contribution in [2.24, 2.45) is 5.92 Å². The first-order chi connectivity index (χ1) is 7.83. The summed E-state index contributed by atoms with van der Waals surface area (Å²) in [4.78, 5) is 0. The normalized spacial score (nSPS) is 11.9. The lowest BCUT2D eigenvalue weighted by atomic mass is 10.2. The average Bonchev–Trinajstić information content (AvgIpc) is 3.18. The van der Waals surface area contributed by atoms with Crippen molar-refractivity contribution in [1.82, 2.24) is 0 Å². The Morgan fingerprint density at radius 3 is 1.50 bits per heavy atom. The SMILES string of the molecule is CC.CC.CC1CC1.CCc1ccccc1. The third-order valence-corrected chi connectivity index (χ3v) is 2.12. The zero-order chi connectivity index (χ0) is 12.8. The second-order valence-electron chi connectivity index (χ2n) is 3.52. The van der Waals surface area contributed by atoms with Gasteiger partial charge in [0.2, 0.25) is 0 Å². The summed E-state index contributed by atoms with van der Waals surface area (Å²) in [5.41, 5.74) is 1.41. The van der Waals surface area contributed by atoms with Gasteiger partial charge in [0.25, 0.3) is 0 Å². The van der Waals surface area contributed by atoms with Crippen LogP contribution >= 0.6 is 0 Å². The molecule has 0 atom stereocenters. The van der Waals surface area contributed by atoms with Gasteiger partial charge in [-0.05, 0) is 17.9 Å². The minimum Gasteiger partial charge on any atom is -0.0683 e. The highest BCUT2D eigenvalue weighted by Gasteiger charge is 2.12. The summed E-state index contributed by atoms with van der Waals surface area (Å²) in [6, 6.07) is 10.5. The smallest absolute Gasteiger partial charge is 0.0307 e. The number of benzene rings is 1. The van der Waals surface area contributed by atoms with E-state index in [1.54, 1.807) is 0 Å². The van der Waals surface area contributed by atoms with Gasteiger partial charge in [-0.3, -0.25) is 0 Å². The summed E-state index contributed by atoms with van der Waals surface area (Å²) in [6.45, 7) is 12.4. The van der Waals surface area contributed by atoms with E-state index in [4.69, 9.17) is 0 Å². The Kier molecular flexibility index (Phi) is 15.7. The fraction of sp³-hybridized carbons (Fsp3) is 0.625. The third-order valence-electron chi connectivity index (χ3n) is 2.12. The maximum absolute atomic E-state index is 2.28. The molecular formula is C16H30. The minimum absolute atomic E-state index is 1.08. The molecule has 1 aromatic rings. The Morgan fingerprint density at radius 2 is 1.31 bits per heavy atom. The molecule has 0 aliphatic heterocycles. The van der Waals surface area contributed by atoms with Crippen molar-refractivity contribution in [1.29, 1.82) is 0 Å². The summed E-state index contributed by atoms with van der Waals surface area (Å²) in [5, 5.41) is 0. The zero-order valence-electron chi connectivity index (χ0n) is 12.1. The van der Waals surface area contributed by atoms with Gasteiger partial charge < -0.3 is 0 Å². The molecule has 0 N–H and O–H groups in total. The van der Waals surface area contributed by atoms with E-state index in [1.807, 2.05) is 33.8 Å². The van der Waals surface area contributed by atoms with E-state index in [0.29, 0.717) is 0 Å². The van der Waals surface area contributed by atoms with Crippen molar-refractivity contribution < 1.29 is 0 Å². The lowest BCUT2D eigenvalue weighted by molar-refractivity contribution is 0.983. The van der Waals surface area contributed by atoms with Crippen LogP contribution < -0.4 is 0 Å². The Morgan fingerprint density at radius 1 is 0.938 bits per heavy atom. The second kappa shape index (κ2) is 14.2. The third kappa shape index (κ3) is 13.2. The topological polar surface area (TPSA) is 0 Å². The van der Waals surface area contributed by atoms with Crippen molar-refractivity contribution in [3.63, 3.8) is 0 Å². The van der Waals surface area contributed by atoms with Crippen molar-refractivity contribution in [2.45, 2.75) is 60.8 Å². The minimum atomic E-state index is 1.08. The van der Waals surface area contributed by atoms with Crippen LogP contribution in [-0.4, -0.2) is 0 Å². The number of rotatable bonds is 1. The molecule has 0 radical (unpaired) electrons. The maximum atomic E-state index is 2.28. The zero-order valence-corrected chi connectivity index (χ0v) is 12.1. The van der Waals surface area contributed by atoms with Gasteiger partial charge in [0, 0.05) is 0 Å². The van der Waals surface area contributed by atoms with Gasteiger partial charge in [0.15, 0.2) is 0 Å². The molecule has 0 bridgehead atoms. The second-order valence-corrected chi connectivity index (χ2v) is 3.52. The molecule has 0 unspecified atom stereocenters. The Balaban J connectivity index is 0. The van der Waals surface area contributed by atoms with Crippen LogP contribution in [0.15, 0.2) is 30.3 Å². The van der Waals surface area contributed by atoms with Crippen molar-refractivity contribution in [3.05, 3.63) is 35.9 Å². The number of aryl methyl sites for hydroxylation is 1. The van der Waals surface area contributed by atoms with Crippen molar-refractivity contribution in [3.8, 4) is 0 Å². The molecule has 0 saturated heterocycles. The van der Waals surface area contributed by atoms with E-state index in [2.05, 4.69) is 38.1 Å². The quantitative estimate of drug-likeness (QED) is 0.570. The summed E-state index contributed by atoms with van der Waals surface area (Å²) >= 11 is 0. The van der Waals surface area contributed by atoms with Crippen LogP contribution in [0.1, 0.15) is 59.9 Å². The van der Waals surface area contributed by atoms with Gasteiger partial charge in [-0.15, -0.1) is 0 Å². The van der Waals surface area contributed by atoms with Crippen LogP contribution in [0.3, 0.4) is 0 Å². The number of hydrogen-bond donors (Lipinski definition) is 0. The van der Waals surface area contributed by atoms with Gasteiger partial charge >= 0.3 is 0 Å². The monoisotopic (exact) mass is 222 g/mol. The Bertz CT molecular complexity index is 197. The van der Waals surface area contributed by atoms with Crippen LogP contribution in [0, 0.1) is 5.92 Å².